The van der Waals surface area contributed by atoms with Crippen LogP contribution in [0.4, 0.5) is 4.39 Å². The second-order valence-electron chi connectivity index (χ2n) is 2.82. The lowest BCUT2D eigenvalue weighted by atomic mass is 10.1. The minimum absolute atomic E-state index is 0.306. The summed E-state index contributed by atoms with van der Waals surface area (Å²) in [5.74, 6) is -0.306. The third-order valence-corrected chi connectivity index (χ3v) is 2.42. The topological polar surface area (TPSA) is 36.7 Å². The molecule has 2 aromatic rings. The van der Waals surface area contributed by atoms with E-state index >= 15 is 0 Å². The second kappa shape index (κ2) is 3.46. The second-order valence-corrected chi connectivity index (χ2v) is 3.74. The lowest BCUT2D eigenvalue weighted by molar-refractivity contribution is 0.639. The zero-order valence-electron chi connectivity index (χ0n) is 7.09. The summed E-state index contributed by atoms with van der Waals surface area (Å²) in [5, 5.41) is 8.28. The highest BCUT2D eigenvalue weighted by Gasteiger charge is 2.05. The molecule has 2 nitrogen and oxygen atoms in total. The summed E-state index contributed by atoms with van der Waals surface area (Å²) in [7, 11) is 0. The van der Waals surface area contributed by atoms with Crippen molar-refractivity contribution in [3.05, 3.63) is 40.4 Å². The van der Waals surface area contributed by atoms with Gasteiger partial charge in [-0.3, -0.25) is 4.98 Å². The maximum Gasteiger partial charge on any atom is 0.132 e. The average Bonchev–Trinajstić information content (AvgIpc) is 2.17. The van der Waals surface area contributed by atoms with Gasteiger partial charge < -0.3 is 5.41 Å². The number of hydrogen-bond donors (Lipinski definition) is 1. The lowest BCUT2D eigenvalue weighted by Gasteiger charge is -2.02. The van der Waals surface area contributed by atoms with Crippen LogP contribution in [0.3, 0.4) is 0 Å². The molecule has 0 aliphatic carbocycles. The summed E-state index contributed by atoms with van der Waals surface area (Å²) in [5.41, 5.74) is 0.475. The van der Waals surface area contributed by atoms with Crippen LogP contribution in [0, 0.1) is 11.2 Å². The Morgan fingerprint density at radius 2 is 2.14 bits per heavy atom. The quantitative estimate of drug-likeness (QED) is 0.779. The van der Waals surface area contributed by atoms with E-state index < -0.39 is 0 Å². The number of hydrogen-bond acceptors (Lipinski definition) is 2. The van der Waals surface area contributed by atoms with Gasteiger partial charge in [0.2, 0.25) is 0 Å². The minimum Gasteiger partial charge on any atom is -0.306 e. The number of pyridine rings is 1. The van der Waals surface area contributed by atoms with E-state index in [0.717, 1.165) is 6.21 Å². The van der Waals surface area contributed by atoms with Crippen molar-refractivity contribution in [3.8, 4) is 0 Å². The fourth-order valence-corrected chi connectivity index (χ4v) is 1.77. The molecule has 0 bridgehead atoms. The Kier molecular flexibility index (Phi) is 2.29. The molecule has 0 spiro atoms. The molecule has 1 aromatic heterocycles. The largest absolute Gasteiger partial charge is 0.306 e. The first-order chi connectivity index (χ1) is 6.72. The van der Waals surface area contributed by atoms with Gasteiger partial charge in [-0.15, -0.1) is 0 Å². The number of rotatable bonds is 1. The fraction of sp³-hybridized carbons (Fsp3) is 0. The van der Waals surface area contributed by atoms with Gasteiger partial charge in [-0.05, 0) is 18.2 Å². The van der Waals surface area contributed by atoms with E-state index in [2.05, 4.69) is 20.9 Å². The van der Waals surface area contributed by atoms with Crippen molar-refractivity contribution in [2.75, 3.05) is 0 Å². The van der Waals surface area contributed by atoms with Crippen LogP contribution in [-0.2, 0) is 0 Å². The van der Waals surface area contributed by atoms with Crippen LogP contribution in [0.15, 0.2) is 28.9 Å². The molecule has 0 aliphatic heterocycles. The summed E-state index contributed by atoms with van der Waals surface area (Å²) < 4.78 is 14.1. The van der Waals surface area contributed by atoms with Gasteiger partial charge in [0.15, 0.2) is 0 Å². The van der Waals surface area contributed by atoms with Gasteiger partial charge in [-0.1, -0.05) is 15.9 Å². The third-order valence-electron chi connectivity index (χ3n) is 1.96. The molecule has 0 fully saturated rings. The van der Waals surface area contributed by atoms with Crippen molar-refractivity contribution in [1.29, 1.82) is 5.41 Å². The Labute approximate surface area is 88.4 Å². The molecule has 1 aromatic carbocycles. The highest BCUT2D eigenvalue weighted by atomic mass is 79.9. The smallest absolute Gasteiger partial charge is 0.132 e. The summed E-state index contributed by atoms with van der Waals surface area (Å²) >= 11 is 3.20. The maximum absolute atomic E-state index is 13.4. The molecule has 1 N–H and O–H groups in total. The van der Waals surface area contributed by atoms with Gasteiger partial charge in [-0.2, -0.15) is 0 Å². The van der Waals surface area contributed by atoms with Crippen LogP contribution in [0.2, 0.25) is 0 Å². The molecule has 0 amide bonds. The van der Waals surface area contributed by atoms with E-state index in [1.807, 2.05) is 0 Å². The van der Waals surface area contributed by atoms with E-state index in [1.165, 1.54) is 12.3 Å². The zero-order chi connectivity index (χ0) is 10.1. The van der Waals surface area contributed by atoms with Crippen molar-refractivity contribution in [1.82, 2.24) is 4.98 Å². The normalized spacial score (nSPS) is 10.4. The first kappa shape index (κ1) is 9.27. The standard InChI is InChI=1S/C10H6BrFN2/c11-6-3-8-7(9(12)4-6)1-2-14-10(8)5-13/h1-5,13H. The van der Waals surface area contributed by atoms with Crippen LogP contribution in [-0.4, -0.2) is 11.2 Å². The number of nitrogens with one attached hydrogen (secondary N) is 1. The minimum atomic E-state index is -0.306. The number of halogens is 2. The SMILES string of the molecule is N=Cc1nccc2c(F)cc(Br)cc12. The highest BCUT2D eigenvalue weighted by molar-refractivity contribution is 9.10. The molecule has 4 heteroatoms. The Bertz CT molecular complexity index is 511. The first-order valence-electron chi connectivity index (χ1n) is 3.96. The number of fused-ring (bicyclic) bond motifs is 1. The molecule has 0 saturated heterocycles. The maximum atomic E-state index is 13.4. The van der Waals surface area contributed by atoms with E-state index in [1.54, 1.807) is 12.1 Å². The summed E-state index contributed by atoms with van der Waals surface area (Å²) in [6, 6.07) is 4.76. The highest BCUT2D eigenvalue weighted by Crippen LogP contribution is 2.24. The van der Waals surface area contributed by atoms with E-state index in [-0.39, 0.29) is 5.82 Å². The van der Waals surface area contributed by atoms with Crippen LogP contribution in [0.25, 0.3) is 10.8 Å². The number of benzene rings is 1. The van der Waals surface area contributed by atoms with Crippen molar-refractivity contribution in [3.63, 3.8) is 0 Å². The van der Waals surface area contributed by atoms with Gasteiger partial charge in [0.05, 0.1) is 5.69 Å². The van der Waals surface area contributed by atoms with Crippen LogP contribution in [0.1, 0.15) is 5.69 Å². The summed E-state index contributed by atoms with van der Waals surface area (Å²) in [6.07, 6.45) is 2.62. The van der Waals surface area contributed by atoms with Gasteiger partial charge in [-0.25, -0.2) is 4.39 Å². The molecule has 0 saturated carbocycles. The average molecular weight is 253 g/mol. The number of nitrogens with zero attached hydrogens (tertiary/aromatic N) is 1. The fourth-order valence-electron chi connectivity index (χ4n) is 1.34. The Balaban J connectivity index is 2.93. The molecule has 2 rings (SSSR count). The number of aromatic nitrogens is 1. The van der Waals surface area contributed by atoms with Gasteiger partial charge in [0.25, 0.3) is 0 Å². The van der Waals surface area contributed by atoms with Gasteiger partial charge in [0.1, 0.15) is 5.82 Å². The third kappa shape index (κ3) is 1.42. The molecule has 70 valence electrons. The monoisotopic (exact) mass is 252 g/mol. The molecule has 0 unspecified atom stereocenters. The predicted octanol–water partition coefficient (Wildman–Crippen LogP) is 3.13. The first-order valence-corrected chi connectivity index (χ1v) is 4.76. The van der Waals surface area contributed by atoms with Crippen molar-refractivity contribution >= 4 is 32.9 Å². The molecular weight excluding hydrogens is 247 g/mol. The van der Waals surface area contributed by atoms with Crippen LogP contribution in [0.5, 0.6) is 0 Å². The molecular formula is C10H6BrFN2. The molecule has 14 heavy (non-hydrogen) atoms. The van der Waals surface area contributed by atoms with E-state index in [9.17, 15) is 4.39 Å². The van der Waals surface area contributed by atoms with Crippen molar-refractivity contribution < 1.29 is 4.39 Å². The van der Waals surface area contributed by atoms with Crippen molar-refractivity contribution in [2.45, 2.75) is 0 Å². The van der Waals surface area contributed by atoms with Crippen molar-refractivity contribution in [2.24, 2.45) is 0 Å². The van der Waals surface area contributed by atoms with E-state index in [0.29, 0.717) is 20.9 Å². The molecule has 1 heterocycles. The van der Waals surface area contributed by atoms with Crippen LogP contribution >= 0.6 is 15.9 Å². The molecule has 0 radical (unpaired) electrons. The Morgan fingerprint density at radius 3 is 2.86 bits per heavy atom. The summed E-state index contributed by atoms with van der Waals surface area (Å²) in [6.45, 7) is 0. The Morgan fingerprint density at radius 1 is 1.36 bits per heavy atom. The Hall–Kier alpha value is -1.29. The van der Waals surface area contributed by atoms with Gasteiger partial charge in [0, 0.05) is 27.7 Å². The zero-order valence-corrected chi connectivity index (χ0v) is 8.68. The summed E-state index contributed by atoms with van der Waals surface area (Å²) in [4.78, 5) is 3.98. The van der Waals surface area contributed by atoms with E-state index in [4.69, 9.17) is 5.41 Å². The molecule has 0 aliphatic rings. The van der Waals surface area contributed by atoms with Crippen LogP contribution < -0.4 is 0 Å². The predicted molar refractivity (Wildman–Crippen MR) is 57.3 cm³/mol. The lowest BCUT2D eigenvalue weighted by Crippen LogP contribution is -1.90. The molecule has 0 atom stereocenters. The van der Waals surface area contributed by atoms with Gasteiger partial charge >= 0.3 is 0 Å².